The summed E-state index contributed by atoms with van der Waals surface area (Å²) in [7, 11) is -4.23. The summed E-state index contributed by atoms with van der Waals surface area (Å²) in [6.45, 7) is 0.824. The zero-order valence-corrected chi connectivity index (χ0v) is 16.4. The highest BCUT2D eigenvalue weighted by atomic mass is 32.2. The van der Waals surface area contributed by atoms with E-state index < -0.39 is 62.4 Å². The number of fused-ring (bicyclic) bond motifs is 1. The van der Waals surface area contributed by atoms with E-state index >= 15 is 0 Å². The van der Waals surface area contributed by atoms with Crippen LogP contribution in [0.3, 0.4) is 0 Å². The molecule has 3 aromatic rings. The van der Waals surface area contributed by atoms with Gasteiger partial charge in [0.25, 0.3) is 5.89 Å². The van der Waals surface area contributed by atoms with Gasteiger partial charge in [-0.15, -0.1) is 5.10 Å². The van der Waals surface area contributed by atoms with Crippen molar-refractivity contribution in [1.82, 2.24) is 19.3 Å². The third-order valence-corrected chi connectivity index (χ3v) is 7.15. The van der Waals surface area contributed by atoms with Crippen molar-refractivity contribution in [2.24, 2.45) is 5.41 Å². The van der Waals surface area contributed by atoms with Crippen LogP contribution in [-0.4, -0.2) is 40.2 Å². The fourth-order valence-electron chi connectivity index (χ4n) is 3.36. The summed E-state index contributed by atoms with van der Waals surface area (Å²) in [6.07, 6.45) is -2.32. The first-order valence-electron chi connectivity index (χ1n) is 8.98. The van der Waals surface area contributed by atoms with Crippen LogP contribution in [0.25, 0.3) is 17.0 Å². The van der Waals surface area contributed by atoms with Crippen molar-refractivity contribution in [3.8, 4) is 6.01 Å². The van der Waals surface area contributed by atoms with E-state index in [1.807, 2.05) is 0 Å². The molecule has 1 saturated carbocycles. The maximum absolute atomic E-state index is 14.7. The van der Waals surface area contributed by atoms with Gasteiger partial charge in [-0.25, -0.2) is 22.2 Å². The van der Waals surface area contributed by atoms with Gasteiger partial charge in [-0.05, 0) is 25.8 Å². The number of alkyl halides is 3. The van der Waals surface area contributed by atoms with Crippen LogP contribution in [0, 0.1) is 11.2 Å². The summed E-state index contributed by atoms with van der Waals surface area (Å²) in [5.41, 5.74) is -1.92. The predicted molar refractivity (Wildman–Crippen MR) is 95.7 cm³/mol. The van der Waals surface area contributed by atoms with Crippen LogP contribution in [0.5, 0.6) is 0 Å². The number of hydrogen-bond donors (Lipinski definition) is 0. The molecule has 1 aromatic carbocycles. The molecule has 0 atom stereocenters. The highest BCUT2D eigenvalue weighted by Gasteiger charge is 2.47. The van der Waals surface area contributed by atoms with Crippen LogP contribution < -0.4 is 5.69 Å². The lowest BCUT2D eigenvalue weighted by Crippen LogP contribution is -2.22. The second kappa shape index (κ2) is 6.93. The van der Waals surface area contributed by atoms with Gasteiger partial charge < -0.3 is 4.42 Å². The minimum Gasteiger partial charge on any atom is -0.401 e. The SMILES string of the molecule is CCn1c(=O)n(-c2nnc(C(F)F)o2)c2cc(S(=O)(=O)CC3(CF)CC3)c(F)cc21. The van der Waals surface area contributed by atoms with E-state index in [-0.39, 0.29) is 17.6 Å². The van der Waals surface area contributed by atoms with Crippen molar-refractivity contribution in [2.75, 3.05) is 12.4 Å². The summed E-state index contributed by atoms with van der Waals surface area (Å²) >= 11 is 0. The Morgan fingerprint density at radius 2 is 1.93 bits per heavy atom. The van der Waals surface area contributed by atoms with Crippen LogP contribution >= 0.6 is 0 Å². The van der Waals surface area contributed by atoms with Gasteiger partial charge in [-0.3, -0.25) is 8.96 Å². The van der Waals surface area contributed by atoms with E-state index in [0.717, 1.165) is 21.3 Å². The van der Waals surface area contributed by atoms with Crippen molar-refractivity contribution < 1.29 is 30.4 Å². The smallest absolute Gasteiger partial charge is 0.337 e. The third kappa shape index (κ3) is 3.20. The van der Waals surface area contributed by atoms with Crippen molar-refractivity contribution >= 4 is 20.9 Å². The van der Waals surface area contributed by atoms with Gasteiger partial charge in [0, 0.05) is 18.0 Å². The Balaban J connectivity index is 1.93. The molecule has 4 rings (SSSR count). The molecule has 8 nitrogen and oxygen atoms in total. The second-order valence-corrected chi connectivity index (χ2v) is 9.21. The average molecular weight is 448 g/mol. The number of aryl methyl sites for hydroxylation is 1. The fraction of sp³-hybridized carbons (Fsp3) is 0.471. The Kier molecular flexibility index (Phi) is 4.75. The lowest BCUT2D eigenvalue weighted by Gasteiger charge is -2.12. The van der Waals surface area contributed by atoms with Crippen LogP contribution in [0.15, 0.2) is 26.2 Å². The molecule has 0 amide bonds. The summed E-state index contributed by atoms with van der Waals surface area (Å²) < 4.78 is 85.7. The van der Waals surface area contributed by atoms with Crippen molar-refractivity contribution in [3.63, 3.8) is 0 Å². The van der Waals surface area contributed by atoms with Crippen molar-refractivity contribution in [1.29, 1.82) is 0 Å². The largest absolute Gasteiger partial charge is 0.401 e. The van der Waals surface area contributed by atoms with Crippen molar-refractivity contribution in [3.05, 3.63) is 34.3 Å². The highest BCUT2D eigenvalue weighted by Crippen LogP contribution is 2.48. The molecule has 162 valence electrons. The molecule has 0 aliphatic heterocycles. The first-order chi connectivity index (χ1) is 14.1. The van der Waals surface area contributed by atoms with E-state index in [2.05, 4.69) is 10.2 Å². The zero-order valence-electron chi connectivity index (χ0n) is 15.6. The average Bonchev–Trinajstić information content (AvgIpc) is 3.16. The maximum Gasteiger partial charge on any atom is 0.337 e. The second-order valence-electron chi connectivity index (χ2n) is 7.25. The fourth-order valence-corrected chi connectivity index (χ4v) is 5.34. The molecule has 2 aromatic heterocycles. The minimum absolute atomic E-state index is 0.0161. The number of sulfone groups is 1. The third-order valence-electron chi connectivity index (χ3n) is 5.18. The van der Waals surface area contributed by atoms with E-state index in [1.54, 1.807) is 6.92 Å². The number of imidazole rings is 1. The van der Waals surface area contributed by atoms with Gasteiger partial charge >= 0.3 is 18.1 Å². The molecular formula is C17H16F4N4O4S. The first kappa shape index (κ1) is 20.6. The van der Waals surface area contributed by atoms with Gasteiger partial charge in [-0.1, -0.05) is 5.10 Å². The predicted octanol–water partition coefficient (Wildman–Crippen LogP) is 2.80. The molecule has 0 bridgehead atoms. The Bertz CT molecular complexity index is 1290. The van der Waals surface area contributed by atoms with Gasteiger partial charge in [0.15, 0.2) is 9.84 Å². The molecule has 13 heteroatoms. The quantitative estimate of drug-likeness (QED) is 0.516. The minimum atomic E-state index is -4.23. The van der Waals surface area contributed by atoms with E-state index in [1.165, 1.54) is 0 Å². The molecule has 1 fully saturated rings. The number of hydrogen-bond acceptors (Lipinski definition) is 6. The van der Waals surface area contributed by atoms with E-state index in [4.69, 9.17) is 4.42 Å². The molecule has 2 heterocycles. The normalized spacial score (nSPS) is 15.9. The van der Waals surface area contributed by atoms with Crippen LogP contribution in [0.2, 0.25) is 0 Å². The van der Waals surface area contributed by atoms with E-state index in [9.17, 15) is 30.8 Å². The first-order valence-corrected chi connectivity index (χ1v) is 10.6. The topological polar surface area (TPSA) is 100.0 Å². The molecule has 30 heavy (non-hydrogen) atoms. The Morgan fingerprint density at radius 3 is 2.47 bits per heavy atom. The van der Waals surface area contributed by atoms with Crippen LogP contribution in [0.1, 0.15) is 32.1 Å². The molecule has 0 saturated heterocycles. The number of nitrogens with zero attached hydrogens (tertiary/aromatic N) is 4. The molecule has 0 unspecified atom stereocenters. The van der Waals surface area contributed by atoms with Crippen LogP contribution in [0.4, 0.5) is 17.6 Å². The molecule has 1 aliphatic rings. The summed E-state index contributed by atoms with van der Waals surface area (Å²) in [5.74, 6) is -2.70. The van der Waals surface area contributed by atoms with Crippen LogP contribution in [-0.2, 0) is 16.4 Å². The highest BCUT2D eigenvalue weighted by molar-refractivity contribution is 7.91. The molecule has 1 aliphatic carbocycles. The molecule has 0 N–H and O–H groups in total. The molecular weight excluding hydrogens is 432 g/mol. The zero-order chi connectivity index (χ0) is 21.8. The Hall–Kier alpha value is -2.70. The molecule has 0 radical (unpaired) electrons. The van der Waals surface area contributed by atoms with Gasteiger partial charge in [0.2, 0.25) is 0 Å². The Labute approximate surface area is 167 Å². The number of benzene rings is 1. The number of aromatic nitrogens is 4. The van der Waals surface area contributed by atoms with E-state index in [0.29, 0.717) is 12.8 Å². The van der Waals surface area contributed by atoms with Crippen molar-refractivity contribution in [2.45, 2.75) is 37.6 Å². The summed E-state index contributed by atoms with van der Waals surface area (Å²) in [6, 6.07) is 1.17. The lowest BCUT2D eigenvalue weighted by atomic mass is 10.2. The van der Waals surface area contributed by atoms with Gasteiger partial charge in [0.1, 0.15) is 10.7 Å². The van der Waals surface area contributed by atoms with Gasteiger partial charge in [-0.2, -0.15) is 8.78 Å². The molecule has 0 spiro atoms. The summed E-state index contributed by atoms with van der Waals surface area (Å²) in [4.78, 5) is 12.0. The maximum atomic E-state index is 14.7. The monoisotopic (exact) mass is 448 g/mol. The standard InChI is InChI=1S/C17H16F4N4O4S/c1-2-24-10-5-9(19)12(30(27,28)8-17(7-18)3-4-17)6-11(10)25(16(24)26)15-23-22-14(29-15)13(20)21/h5-6,13H,2-4,7-8H2,1H3. The number of rotatable bonds is 7. The Morgan fingerprint density at radius 1 is 1.23 bits per heavy atom. The summed E-state index contributed by atoms with van der Waals surface area (Å²) in [5, 5.41) is 6.59. The lowest BCUT2D eigenvalue weighted by molar-refractivity contribution is 0.115. The number of halogens is 4. The van der Waals surface area contributed by atoms with Gasteiger partial charge in [0.05, 0.1) is 23.5 Å².